The molecule has 144 valence electrons. The predicted octanol–water partition coefficient (Wildman–Crippen LogP) is 4.42. The Bertz CT molecular complexity index is 963. The Hall–Kier alpha value is -2.86. The minimum Gasteiger partial charge on any atom is -0.497 e. The Morgan fingerprint density at radius 3 is 2.61 bits per heavy atom. The summed E-state index contributed by atoms with van der Waals surface area (Å²) in [6.07, 6.45) is 1.58. The Labute approximate surface area is 168 Å². The molecular formula is C21H20ClN3O3. The van der Waals surface area contributed by atoms with Gasteiger partial charge < -0.3 is 14.2 Å². The average Bonchev–Trinajstić information content (AvgIpc) is 3.24. The molecule has 1 amide bonds. The lowest BCUT2D eigenvalue weighted by atomic mass is 9.96. The fourth-order valence-electron chi connectivity index (χ4n) is 3.39. The molecule has 0 bridgehead atoms. The molecular weight excluding hydrogens is 378 g/mol. The van der Waals surface area contributed by atoms with Gasteiger partial charge in [0, 0.05) is 35.2 Å². The maximum atomic E-state index is 12.6. The zero-order valence-corrected chi connectivity index (χ0v) is 16.2. The Morgan fingerprint density at radius 2 is 1.93 bits per heavy atom. The third-order valence-corrected chi connectivity index (χ3v) is 5.23. The highest BCUT2D eigenvalue weighted by molar-refractivity contribution is 6.30. The van der Waals surface area contributed by atoms with Gasteiger partial charge in [-0.1, -0.05) is 22.8 Å². The molecule has 0 aliphatic carbocycles. The van der Waals surface area contributed by atoms with Crippen molar-refractivity contribution in [2.45, 2.75) is 18.8 Å². The second-order valence-electron chi connectivity index (χ2n) is 6.76. The van der Waals surface area contributed by atoms with E-state index in [4.69, 9.17) is 20.9 Å². The molecule has 2 aromatic carbocycles. The molecule has 0 atom stereocenters. The molecule has 1 saturated heterocycles. The number of aromatic nitrogens is 2. The molecule has 1 aliphatic heterocycles. The summed E-state index contributed by atoms with van der Waals surface area (Å²) in [5.41, 5.74) is 1.50. The molecule has 0 unspecified atom stereocenters. The Kier molecular flexibility index (Phi) is 5.30. The topological polar surface area (TPSA) is 68.5 Å². The number of carbonyl (C=O) groups is 1. The SMILES string of the molecule is COc1ccc(-c2noc(C3CCN(C(=O)c4cccc(Cl)c4)CC3)n2)cc1. The van der Waals surface area contributed by atoms with E-state index in [-0.39, 0.29) is 11.8 Å². The average molecular weight is 398 g/mol. The minimum atomic E-state index is 0.00500. The van der Waals surface area contributed by atoms with Crippen LogP contribution in [0, 0.1) is 0 Å². The number of halogens is 1. The van der Waals surface area contributed by atoms with Crippen molar-refractivity contribution < 1.29 is 14.1 Å². The highest BCUT2D eigenvalue weighted by atomic mass is 35.5. The molecule has 4 rings (SSSR count). The van der Waals surface area contributed by atoms with E-state index >= 15 is 0 Å². The highest BCUT2D eigenvalue weighted by Crippen LogP contribution is 2.29. The fourth-order valence-corrected chi connectivity index (χ4v) is 3.58. The van der Waals surface area contributed by atoms with E-state index in [2.05, 4.69) is 10.1 Å². The summed E-state index contributed by atoms with van der Waals surface area (Å²) in [6, 6.07) is 14.6. The molecule has 6 nitrogen and oxygen atoms in total. The van der Waals surface area contributed by atoms with Gasteiger partial charge in [0.25, 0.3) is 5.91 Å². The maximum absolute atomic E-state index is 12.6. The Morgan fingerprint density at radius 1 is 1.18 bits per heavy atom. The van der Waals surface area contributed by atoms with E-state index in [0.717, 1.165) is 24.2 Å². The number of likely N-dealkylation sites (tertiary alicyclic amines) is 1. The van der Waals surface area contributed by atoms with Crippen molar-refractivity contribution in [1.82, 2.24) is 15.0 Å². The number of methoxy groups -OCH3 is 1. The standard InChI is InChI=1S/C21H20ClN3O3/c1-27-18-7-5-14(6-8-18)19-23-20(28-24-19)15-9-11-25(12-10-15)21(26)16-3-2-4-17(22)13-16/h2-8,13,15H,9-12H2,1H3. The van der Waals surface area contributed by atoms with Crippen molar-refractivity contribution in [3.05, 3.63) is 65.0 Å². The van der Waals surface area contributed by atoms with Gasteiger partial charge in [0.1, 0.15) is 5.75 Å². The van der Waals surface area contributed by atoms with E-state index in [1.807, 2.05) is 29.2 Å². The lowest BCUT2D eigenvalue weighted by Gasteiger charge is -2.30. The molecule has 0 N–H and O–H groups in total. The number of ether oxygens (including phenoxy) is 1. The van der Waals surface area contributed by atoms with E-state index in [0.29, 0.717) is 35.4 Å². The first kappa shape index (κ1) is 18.5. The van der Waals surface area contributed by atoms with Gasteiger partial charge >= 0.3 is 0 Å². The second-order valence-corrected chi connectivity index (χ2v) is 7.20. The summed E-state index contributed by atoms with van der Waals surface area (Å²) in [7, 11) is 1.63. The number of nitrogens with zero attached hydrogens (tertiary/aromatic N) is 3. The summed E-state index contributed by atoms with van der Waals surface area (Å²) < 4.78 is 10.7. The third-order valence-electron chi connectivity index (χ3n) is 4.99. The second kappa shape index (κ2) is 8.02. The summed E-state index contributed by atoms with van der Waals surface area (Å²) in [5.74, 6) is 2.13. The first-order chi connectivity index (χ1) is 13.6. The molecule has 28 heavy (non-hydrogen) atoms. The van der Waals surface area contributed by atoms with Crippen LogP contribution in [0.5, 0.6) is 5.75 Å². The van der Waals surface area contributed by atoms with Crippen LogP contribution in [0.25, 0.3) is 11.4 Å². The van der Waals surface area contributed by atoms with Crippen LogP contribution in [0.15, 0.2) is 53.1 Å². The van der Waals surface area contributed by atoms with Crippen LogP contribution in [0.3, 0.4) is 0 Å². The van der Waals surface area contributed by atoms with Crippen LogP contribution in [0.1, 0.15) is 35.0 Å². The number of amides is 1. The molecule has 7 heteroatoms. The van der Waals surface area contributed by atoms with Gasteiger partial charge in [-0.3, -0.25) is 4.79 Å². The van der Waals surface area contributed by atoms with E-state index in [1.165, 1.54) is 0 Å². The lowest BCUT2D eigenvalue weighted by molar-refractivity contribution is 0.0704. The van der Waals surface area contributed by atoms with Crippen molar-refractivity contribution in [2.75, 3.05) is 20.2 Å². The van der Waals surface area contributed by atoms with Gasteiger partial charge in [0.2, 0.25) is 11.7 Å². The number of hydrogen-bond donors (Lipinski definition) is 0. The van der Waals surface area contributed by atoms with Crippen LogP contribution >= 0.6 is 11.6 Å². The first-order valence-electron chi connectivity index (χ1n) is 9.17. The maximum Gasteiger partial charge on any atom is 0.253 e. The molecule has 0 spiro atoms. The van der Waals surface area contributed by atoms with Gasteiger partial charge in [-0.05, 0) is 55.3 Å². The molecule has 1 fully saturated rings. The normalized spacial score (nSPS) is 14.9. The smallest absolute Gasteiger partial charge is 0.253 e. The Balaban J connectivity index is 1.40. The summed E-state index contributed by atoms with van der Waals surface area (Å²) in [6.45, 7) is 1.30. The molecule has 2 heterocycles. The first-order valence-corrected chi connectivity index (χ1v) is 9.54. The van der Waals surface area contributed by atoms with Crippen molar-refractivity contribution in [3.63, 3.8) is 0 Å². The van der Waals surface area contributed by atoms with E-state index in [9.17, 15) is 4.79 Å². The highest BCUT2D eigenvalue weighted by Gasteiger charge is 2.28. The number of piperidine rings is 1. The zero-order chi connectivity index (χ0) is 19.5. The molecule has 0 radical (unpaired) electrons. The molecule has 0 saturated carbocycles. The number of hydrogen-bond acceptors (Lipinski definition) is 5. The number of carbonyl (C=O) groups excluding carboxylic acids is 1. The number of benzene rings is 2. The zero-order valence-electron chi connectivity index (χ0n) is 15.5. The van der Waals surface area contributed by atoms with Crippen molar-refractivity contribution in [1.29, 1.82) is 0 Å². The van der Waals surface area contributed by atoms with Crippen LogP contribution < -0.4 is 4.74 Å². The monoisotopic (exact) mass is 397 g/mol. The molecule has 1 aromatic heterocycles. The minimum absolute atomic E-state index is 0.00500. The quantitative estimate of drug-likeness (QED) is 0.651. The van der Waals surface area contributed by atoms with Crippen molar-refractivity contribution >= 4 is 17.5 Å². The van der Waals surface area contributed by atoms with Gasteiger partial charge in [0.05, 0.1) is 7.11 Å². The summed E-state index contributed by atoms with van der Waals surface area (Å²) >= 11 is 6.00. The van der Waals surface area contributed by atoms with Gasteiger partial charge in [-0.25, -0.2) is 0 Å². The van der Waals surface area contributed by atoms with Crippen LogP contribution in [-0.4, -0.2) is 41.1 Å². The van der Waals surface area contributed by atoms with Crippen molar-refractivity contribution in [2.24, 2.45) is 0 Å². The predicted molar refractivity (Wildman–Crippen MR) is 106 cm³/mol. The molecule has 3 aromatic rings. The van der Waals surface area contributed by atoms with Gasteiger partial charge in [-0.2, -0.15) is 4.98 Å². The van der Waals surface area contributed by atoms with E-state index < -0.39 is 0 Å². The largest absolute Gasteiger partial charge is 0.497 e. The number of rotatable bonds is 4. The fraction of sp³-hybridized carbons (Fsp3) is 0.286. The lowest BCUT2D eigenvalue weighted by Crippen LogP contribution is -2.38. The van der Waals surface area contributed by atoms with Crippen LogP contribution in [-0.2, 0) is 0 Å². The van der Waals surface area contributed by atoms with Crippen molar-refractivity contribution in [3.8, 4) is 17.1 Å². The van der Waals surface area contributed by atoms with Gasteiger partial charge in [-0.15, -0.1) is 0 Å². The molecule has 1 aliphatic rings. The van der Waals surface area contributed by atoms with Gasteiger partial charge in [0.15, 0.2) is 0 Å². The van der Waals surface area contributed by atoms with Crippen LogP contribution in [0.4, 0.5) is 0 Å². The third kappa shape index (κ3) is 3.87. The summed E-state index contributed by atoms with van der Waals surface area (Å²) in [5, 5.41) is 4.67. The van der Waals surface area contributed by atoms with E-state index in [1.54, 1.807) is 31.4 Å². The van der Waals surface area contributed by atoms with Crippen LogP contribution in [0.2, 0.25) is 5.02 Å². The summed E-state index contributed by atoms with van der Waals surface area (Å²) in [4.78, 5) is 19.1.